The fraction of sp³-hybridized carbons (Fsp3) is 1.00. The Morgan fingerprint density at radius 3 is 2.76 bits per heavy atom. The number of aliphatic hydroxyl groups is 1. The molecule has 17 heavy (non-hydrogen) atoms. The third kappa shape index (κ3) is 3.67. The summed E-state index contributed by atoms with van der Waals surface area (Å²) in [5.41, 5.74) is 0. The molecular weight excluding hydrogens is 214 g/mol. The lowest BCUT2D eigenvalue weighted by Gasteiger charge is -2.42. The van der Waals surface area contributed by atoms with Crippen molar-refractivity contribution < 1.29 is 9.84 Å². The second-order valence-corrected chi connectivity index (χ2v) is 5.55. The van der Waals surface area contributed by atoms with Crippen LogP contribution >= 0.6 is 0 Å². The number of piperidine rings is 1. The number of rotatable bonds is 4. The smallest absolute Gasteiger partial charge is 0.0702 e. The molecule has 3 heteroatoms. The maximum atomic E-state index is 10.1. The Morgan fingerprint density at radius 1 is 1.18 bits per heavy atom. The van der Waals surface area contributed by atoms with Crippen LogP contribution in [0.15, 0.2) is 0 Å². The molecule has 3 atom stereocenters. The average molecular weight is 241 g/mol. The molecule has 1 saturated heterocycles. The molecule has 0 aromatic heterocycles. The third-order valence-electron chi connectivity index (χ3n) is 4.13. The van der Waals surface area contributed by atoms with Crippen molar-refractivity contribution in [2.24, 2.45) is 0 Å². The van der Waals surface area contributed by atoms with Gasteiger partial charge in [-0.15, -0.1) is 0 Å². The normalized spacial score (nSPS) is 36.0. The topological polar surface area (TPSA) is 32.7 Å². The molecule has 1 N–H and O–H groups in total. The summed E-state index contributed by atoms with van der Waals surface area (Å²) in [7, 11) is 0. The molecule has 0 radical (unpaired) electrons. The van der Waals surface area contributed by atoms with Gasteiger partial charge >= 0.3 is 0 Å². The fourth-order valence-electron chi connectivity index (χ4n) is 3.21. The summed E-state index contributed by atoms with van der Waals surface area (Å²) in [6, 6.07) is 0.400. The molecule has 3 nitrogen and oxygen atoms in total. The zero-order valence-electron chi connectivity index (χ0n) is 11.1. The molecule has 100 valence electrons. The van der Waals surface area contributed by atoms with Gasteiger partial charge in [0.15, 0.2) is 0 Å². The first-order chi connectivity index (χ1) is 8.31. The first kappa shape index (κ1) is 13.3. The number of likely N-dealkylation sites (tertiary alicyclic amines) is 1. The minimum Gasteiger partial charge on any atom is -0.391 e. The molecular formula is C14H27NO2. The van der Waals surface area contributed by atoms with Crippen molar-refractivity contribution in [2.75, 3.05) is 19.7 Å². The zero-order chi connectivity index (χ0) is 12.1. The van der Waals surface area contributed by atoms with E-state index in [0.717, 1.165) is 32.5 Å². The molecule has 0 aromatic rings. The average Bonchev–Trinajstić information content (AvgIpc) is 2.37. The lowest BCUT2D eigenvalue weighted by Crippen LogP contribution is -2.51. The van der Waals surface area contributed by atoms with Gasteiger partial charge < -0.3 is 9.84 Å². The first-order valence-corrected chi connectivity index (χ1v) is 7.35. The molecule has 0 aromatic carbocycles. The van der Waals surface area contributed by atoms with Crippen LogP contribution in [0.25, 0.3) is 0 Å². The lowest BCUT2D eigenvalue weighted by atomic mass is 9.90. The monoisotopic (exact) mass is 241 g/mol. The van der Waals surface area contributed by atoms with E-state index >= 15 is 0 Å². The van der Waals surface area contributed by atoms with Crippen molar-refractivity contribution in [3.8, 4) is 0 Å². The van der Waals surface area contributed by atoms with Crippen molar-refractivity contribution in [1.29, 1.82) is 0 Å². The predicted molar refractivity (Wildman–Crippen MR) is 69.1 cm³/mol. The summed E-state index contributed by atoms with van der Waals surface area (Å²) < 4.78 is 5.87. The highest BCUT2D eigenvalue weighted by Gasteiger charge is 2.32. The van der Waals surface area contributed by atoms with Gasteiger partial charge in [-0.2, -0.15) is 0 Å². The maximum Gasteiger partial charge on any atom is 0.0702 e. The molecule has 1 heterocycles. The van der Waals surface area contributed by atoms with E-state index in [2.05, 4.69) is 11.8 Å². The van der Waals surface area contributed by atoms with Crippen LogP contribution in [0, 0.1) is 0 Å². The molecule has 2 rings (SSSR count). The maximum absolute atomic E-state index is 10.1. The summed E-state index contributed by atoms with van der Waals surface area (Å²) in [6.45, 7) is 5.21. The van der Waals surface area contributed by atoms with Crippen molar-refractivity contribution in [3.05, 3.63) is 0 Å². The number of hydrogen-bond acceptors (Lipinski definition) is 3. The van der Waals surface area contributed by atoms with Gasteiger partial charge in [-0.05, 0) is 38.6 Å². The Morgan fingerprint density at radius 2 is 2.00 bits per heavy atom. The first-order valence-electron chi connectivity index (χ1n) is 7.35. The zero-order valence-corrected chi connectivity index (χ0v) is 11.1. The van der Waals surface area contributed by atoms with Crippen LogP contribution < -0.4 is 0 Å². The van der Waals surface area contributed by atoms with E-state index in [4.69, 9.17) is 4.74 Å². The van der Waals surface area contributed by atoms with Crippen molar-refractivity contribution in [3.63, 3.8) is 0 Å². The van der Waals surface area contributed by atoms with Gasteiger partial charge in [0.25, 0.3) is 0 Å². The number of nitrogens with zero attached hydrogens (tertiary/aromatic N) is 1. The van der Waals surface area contributed by atoms with E-state index in [1.54, 1.807) is 0 Å². The van der Waals surface area contributed by atoms with Crippen molar-refractivity contribution in [2.45, 2.75) is 70.1 Å². The number of hydrogen-bond donors (Lipinski definition) is 1. The Hall–Kier alpha value is -0.120. The highest BCUT2D eigenvalue weighted by atomic mass is 16.5. The molecule has 0 bridgehead atoms. The van der Waals surface area contributed by atoms with E-state index in [1.807, 2.05) is 0 Å². The van der Waals surface area contributed by atoms with E-state index < -0.39 is 0 Å². The Bertz CT molecular complexity index is 222. The van der Waals surface area contributed by atoms with Gasteiger partial charge in [0.2, 0.25) is 0 Å². The fourth-order valence-corrected chi connectivity index (χ4v) is 3.21. The lowest BCUT2D eigenvalue weighted by molar-refractivity contribution is -0.0462. The molecule has 0 amide bonds. The Labute approximate surface area is 105 Å². The van der Waals surface area contributed by atoms with Crippen LogP contribution in [-0.2, 0) is 4.74 Å². The summed E-state index contributed by atoms with van der Waals surface area (Å²) in [5, 5.41) is 10.1. The Kier molecular flexibility index (Phi) is 5.26. The third-order valence-corrected chi connectivity index (χ3v) is 4.13. The van der Waals surface area contributed by atoms with Crippen LogP contribution in [0.4, 0.5) is 0 Å². The van der Waals surface area contributed by atoms with E-state index in [1.165, 1.54) is 32.1 Å². The summed E-state index contributed by atoms with van der Waals surface area (Å²) in [6.07, 6.45) is 8.44. The minimum absolute atomic E-state index is 0.103. The SMILES string of the molecule is CCCOC1CCCN(C2CCCCC2O)C1. The van der Waals surface area contributed by atoms with E-state index in [-0.39, 0.29) is 6.10 Å². The van der Waals surface area contributed by atoms with Gasteiger partial charge in [0.05, 0.1) is 12.2 Å². The molecule has 3 unspecified atom stereocenters. The molecule has 2 aliphatic rings. The summed E-state index contributed by atoms with van der Waals surface area (Å²) >= 11 is 0. The van der Waals surface area contributed by atoms with Gasteiger partial charge in [0.1, 0.15) is 0 Å². The van der Waals surface area contributed by atoms with Crippen LogP contribution in [0.1, 0.15) is 51.9 Å². The molecule has 1 aliphatic carbocycles. The molecule has 0 spiro atoms. The largest absolute Gasteiger partial charge is 0.391 e. The highest BCUT2D eigenvalue weighted by molar-refractivity contribution is 4.86. The van der Waals surface area contributed by atoms with Crippen LogP contribution in [0.3, 0.4) is 0 Å². The summed E-state index contributed by atoms with van der Waals surface area (Å²) in [5.74, 6) is 0. The van der Waals surface area contributed by atoms with E-state index in [9.17, 15) is 5.11 Å². The molecule has 2 fully saturated rings. The second kappa shape index (κ2) is 6.72. The highest BCUT2D eigenvalue weighted by Crippen LogP contribution is 2.26. The van der Waals surface area contributed by atoms with Gasteiger partial charge in [-0.1, -0.05) is 19.8 Å². The summed E-state index contributed by atoms with van der Waals surface area (Å²) in [4.78, 5) is 2.48. The van der Waals surface area contributed by atoms with Crippen LogP contribution in [-0.4, -0.2) is 48.0 Å². The predicted octanol–water partition coefficient (Wildman–Crippen LogP) is 2.18. The minimum atomic E-state index is -0.103. The quantitative estimate of drug-likeness (QED) is 0.819. The van der Waals surface area contributed by atoms with E-state index in [0.29, 0.717) is 12.1 Å². The Balaban J connectivity index is 1.83. The van der Waals surface area contributed by atoms with Crippen LogP contribution in [0.2, 0.25) is 0 Å². The van der Waals surface area contributed by atoms with Gasteiger partial charge in [0, 0.05) is 19.2 Å². The van der Waals surface area contributed by atoms with Crippen LogP contribution in [0.5, 0.6) is 0 Å². The molecule has 1 saturated carbocycles. The number of aliphatic hydroxyl groups excluding tert-OH is 1. The second-order valence-electron chi connectivity index (χ2n) is 5.55. The number of ether oxygens (including phenoxy) is 1. The van der Waals surface area contributed by atoms with Crippen molar-refractivity contribution >= 4 is 0 Å². The van der Waals surface area contributed by atoms with Crippen molar-refractivity contribution in [1.82, 2.24) is 4.90 Å². The van der Waals surface area contributed by atoms with Gasteiger partial charge in [-0.25, -0.2) is 0 Å². The standard InChI is InChI=1S/C14H27NO2/c1-2-10-17-12-6-5-9-15(11-12)13-7-3-4-8-14(13)16/h12-14,16H,2-11H2,1H3. The van der Waals surface area contributed by atoms with Gasteiger partial charge in [-0.3, -0.25) is 4.90 Å². The molecule has 1 aliphatic heterocycles.